The number of piperazine rings is 1. The predicted molar refractivity (Wildman–Crippen MR) is 91.9 cm³/mol. The van der Waals surface area contributed by atoms with Gasteiger partial charge in [0.25, 0.3) is 0 Å². The van der Waals surface area contributed by atoms with Crippen LogP contribution in [0.1, 0.15) is 6.92 Å². The maximum atomic E-state index is 5.96. The Bertz CT molecular complexity index is 685. The number of nitrogens with zero attached hydrogens (tertiary/aromatic N) is 6. The van der Waals surface area contributed by atoms with Crippen LogP contribution in [0.15, 0.2) is 12.1 Å². The maximum Gasteiger partial charge on any atom is 0.223 e. The first-order valence-corrected chi connectivity index (χ1v) is 7.79. The Labute approximate surface area is 143 Å². The van der Waals surface area contributed by atoms with Crippen molar-refractivity contribution in [2.24, 2.45) is 0 Å². The zero-order chi connectivity index (χ0) is 16.6. The third-order valence-electron chi connectivity index (χ3n) is 3.64. The summed E-state index contributed by atoms with van der Waals surface area (Å²) in [7, 11) is 0. The smallest absolute Gasteiger partial charge is 0.223 e. The highest BCUT2D eigenvalue weighted by Gasteiger charge is 2.26. The third-order valence-corrected chi connectivity index (χ3v) is 4.03. The van der Waals surface area contributed by atoms with Crippen LogP contribution in [0.25, 0.3) is 0 Å². The zero-order valence-corrected chi connectivity index (χ0v) is 14.0. The summed E-state index contributed by atoms with van der Waals surface area (Å²) >= 11 is 11.9. The first-order valence-electron chi connectivity index (χ1n) is 7.04. The van der Waals surface area contributed by atoms with E-state index < -0.39 is 0 Å². The van der Waals surface area contributed by atoms with Crippen LogP contribution in [-0.2, 0) is 0 Å². The largest absolute Gasteiger partial charge is 0.368 e. The monoisotopic (exact) mass is 354 g/mol. The van der Waals surface area contributed by atoms with Gasteiger partial charge in [0.1, 0.15) is 21.9 Å². The first-order chi connectivity index (χ1) is 10.9. The van der Waals surface area contributed by atoms with Gasteiger partial charge < -0.3 is 21.3 Å². The molecule has 3 rings (SSSR count). The molecular weight excluding hydrogens is 339 g/mol. The van der Waals surface area contributed by atoms with Crippen molar-refractivity contribution in [3.8, 4) is 0 Å². The Morgan fingerprint density at radius 2 is 1.52 bits per heavy atom. The lowest BCUT2D eigenvalue weighted by Gasteiger charge is -2.41. The standard InChI is InChI=1S/C13H16Cl2N8/c1-7-6-22(10-4-8(14)18-12(16)20-10)2-3-23(7)11-5-9(15)19-13(17)21-11/h4-5,7H,2-3,6H2,1H3,(H2,16,18,20)(H2,17,19,21)/t7-/m0/s1. The van der Waals surface area contributed by atoms with Crippen LogP contribution in [-0.4, -0.2) is 45.6 Å². The van der Waals surface area contributed by atoms with Crippen molar-refractivity contribution >= 4 is 46.7 Å². The van der Waals surface area contributed by atoms with Gasteiger partial charge in [-0.15, -0.1) is 0 Å². The zero-order valence-electron chi connectivity index (χ0n) is 12.4. The number of nitrogen functional groups attached to an aromatic ring is 2. The normalized spacial score (nSPS) is 18.3. The molecule has 0 bridgehead atoms. The van der Waals surface area contributed by atoms with Gasteiger partial charge in [0.2, 0.25) is 11.9 Å². The van der Waals surface area contributed by atoms with Gasteiger partial charge >= 0.3 is 0 Å². The summed E-state index contributed by atoms with van der Waals surface area (Å²) in [5.41, 5.74) is 11.3. The van der Waals surface area contributed by atoms with Gasteiger partial charge in [-0.3, -0.25) is 0 Å². The molecule has 2 aromatic heterocycles. The molecule has 10 heteroatoms. The number of hydrogen-bond acceptors (Lipinski definition) is 8. The Kier molecular flexibility index (Phi) is 4.27. The van der Waals surface area contributed by atoms with Crippen molar-refractivity contribution < 1.29 is 0 Å². The molecule has 0 aromatic carbocycles. The number of anilines is 4. The number of hydrogen-bond donors (Lipinski definition) is 2. The molecule has 1 aliphatic rings. The topological polar surface area (TPSA) is 110 Å². The molecule has 2 aromatic rings. The molecule has 4 N–H and O–H groups in total. The molecule has 0 amide bonds. The molecule has 23 heavy (non-hydrogen) atoms. The van der Waals surface area contributed by atoms with Crippen molar-refractivity contribution in [3.63, 3.8) is 0 Å². The molecule has 0 unspecified atom stereocenters. The van der Waals surface area contributed by atoms with E-state index in [2.05, 4.69) is 36.7 Å². The summed E-state index contributed by atoms with van der Waals surface area (Å²) in [5.74, 6) is 1.76. The minimum absolute atomic E-state index is 0.164. The molecule has 1 aliphatic heterocycles. The first kappa shape index (κ1) is 15.8. The van der Waals surface area contributed by atoms with Gasteiger partial charge in [0.15, 0.2) is 0 Å². The Morgan fingerprint density at radius 1 is 0.957 bits per heavy atom. The van der Waals surface area contributed by atoms with Gasteiger partial charge in [0.05, 0.1) is 0 Å². The second-order valence-corrected chi connectivity index (χ2v) is 6.08. The molecule has 1 saturated heterocycles. The third kappa shape index (κ3) is 3.48. The van der Waals surface area contributed by atoms with Gasteiger partial charge in [0, 0.05) is 37.8 Å². The molecular formula is C13H16Cl2N8. The van der Waals surface area contributed by atoms with E-state index in [9.17, 15) is 0 Å². The number of halogens is 2. The van der Waals surface area contributed by atoms with Crippen molar-refractivity contribution in [3.05, 3.63) is 22.4 Å². The molecule has 0 radical (unpaired) electrons. The highest BCUT2D eigenvalue weighted by atomic mass is 35.5. The van der Waals surface area contributed by atoms with E-state index >= 15 is 0 Å². The van der Waals surface area contributed by atoms with Crippen LogP contribution in [0.5, 0.6) is 0 Å². The minimum atomic E-state index is 0.164. The summed E-state index contributed by atoms with van der Waals surface area (Å²) in [6.45, 7) is 4.28. The van der Waals surface area contributed by atoms with Crippen LogP contribution in [0.3, 0.4) is 0 Å². The highest BCUT2D eigenvalue weighted by Crippen LogP contribution is 2.25. The fourth-order valence-electron chi connectivity index (χ4n) is 2.66. The average Bonchev–Trinajstić information content (AvgIpc) is 2.45. The van der Waals surface area contributed by atoms with Crippen LogP contribution < -0.4 is 21.3 Å². The van der Waals surface area contributed by atoms with Crippen molar-refractivity contribution in [1.29, 1.82) is 0 Å². The summed E-state index contributed by atoms with van der Waals surface area (Å²) in [4.78, 5) is 20.5. The Hall–Kier alpha value is -2.06. The molecule has 1 fully saturated rings. The second kappa shape index (κ2) is 6.21. The molecule has 3 heterocycles. The van der Waals surface area contributed by atoms with Crippen LogP contribution in [0.2, 0.25) is 10.3 Å². The van der Waals surface area contributed by atoms with E-state index in [1.165, 1.54) is 0 Å². The number of nitrogens with two attached hydrogens (primary N) is 2. The van der Waals surface area contributed by atoms with Gasteiger partial charge in [-0.05, 0) is 6.92 Å². The quantitative estimate of drug-likeness (QED) is 0.779. The maximum absolute atomic E-state index is 5.96. The van der Waals surface area contributed by atoms with E-state index in [0.29, 0.717) is 16.1 Å². The van der Waals surface area contributed by atoms with Gasteiger partial charge in [-0.1, -0.05) is 23.2 Å². The molecule has 0 spiro atoms. The number of rotatable bonds is 2. The van der Waals surface area contributed by atoms with Crippen molar-refractivity contribution in [1.82, 2.24) is 19.9 Å². The highest BCUT2D eigenvalue weighted by molar-refractivity contribution is 6.30. The van der Waals surface area contributed by atoms with Crippen LogP contribution in [0, 0.1) is 0 Å². The Balaban J connectivity index is 1.79. The average molecular weight is 355 g/mol. The van der Waals surface area contributed by atoms with Crippen LogP contribution in [0.4, 0.5) is 23.5 Å². The van der Waals surface area contributed by atoms with Crippen molar-refractivity contribution in [2.75, 3.05) is 40.9 Å². The number of aromatic nitrogens is 4. The SMILES string of the molecule is C[C@H]1CN(c2cc(Cl)nc(N)n2)CCN1c1cc(Cl)nc(N)n1. The Morgan fingerprint density at radius 3 is 2.09 bits per heavy atom. The fourth-order valence-corrected chi connectivity index (χ4v) is 3.03. The summed E-state index contributed by atoms with van der Waals surface area (Å²) < 4.78 is 0. The lowest BCUT2D eigenvalue weighted by molar-refractivity contribution is 0.542. The van der Waals surface area contributed by atoms with E-state index in [4.69, 9.17) is 34.7 Å². The minimum Gasteiger partial charge on any atom is -0.368 e. The molecule has 8 nitrogen and oxygen atoms in total. The summed E-state index contributed by atoms with van der Waals surface area (Å²) in [6.07, 6.45) is 0. The molecule has 0 aliphatic carbocycles. The van der Waals surface area contributed by atoms with Gasteiger partial charge in [-0.2, -0.15) is 9.97 Å². The fraction of sp³-hybridized carbons (Fsp3) is 0.385. The van der Waals surface area contributed by atoms with Crippen molar-refractivity contribution in [2.45, 2.75) is 13.0 Å². The van der Waals surface area contributed by atoms with Crippen LogP contribution >= 0.6 is 23.2 Å². The molecule has 0 saturated carbocycles. The summed E-state index contributed by atoms with van der Waals surface area (Å²) in [6, 6.07) is 3.59. The van der Waals surface area contributed by atoms with E-state index in [0.717, 1.165) is 25.5 Å². The van der Waals surface area contributed by atoms with Gasteiger partial charge in [-0.25, -0.2) is 9.97 Å². The second-order valence-electron chi connectivity index (χ2n) is 5.30. The predicted octanol–water partition coefficient (Wildman–Crippen LogP) is 1.45. The summed E-state index contributed by atoms with van der Waals surface area (Å²) in [5, 5.41) is 0.662. The van der Waals surface area contributed by atoms with E-state index in [1.807, 2.05) is 0 Å². The lowest BCUT2D eigenvalue weighted by Crippen LogP contribution is -2.52. The molecule has 122 valence electrons. The van der Waals surface area contributed by atoms with E-state index in [-0.39, 0.29) is 17.9 Å². The van der Waals surface area contributed by atoms with E-state index in [1.54, 1.807) is 12.1 Å². The molecule has 1 atom stereocenters. The lowest BCUT2D eigenvalue weighted by atomic mass is 10.2.